The van der Waals surface area contributed by atoms with Crippen molar-refractivity contribution < 1.29 is 4.42 Å². The van der Waals surface area contributed by atoms with Gasteiger partial charge in [-0.2, -0.15) is 0 Å². The molecule has 4 heterocycles. The van der Waals surface area contributed by atoms with E-state index >= 15 is 0 Å². The van der Waals surface area contributed by atoms with Crippen LogP contribution in [0.25, 0.3) is 22.0 Å². The number of furan rings is 1. The number of rotatable bonds is 4. The number of halogens is 1. The number of fused-ring (bicyclic) bond motifs is 1. The molecule has 0 amide bonds. The summed E-state index contributed by atoms with van der Waals surface area (Å²) in [6, 6.07) is 15.5. The predicted molar refractivity (Wildman–Crippen MR) is 115 cm³/mol. The number of thiophene rings is 1. The van der Waals surface area contributed by atoms with E-state index in [2.05, 4.69) is 9.88 Å². The number of hydrogen-bond donors (Lipinski definition) is 1. The predicted octanol–water partition coefficient (Wildman–Crippen LogP) is 4.97. The van der Waals surface area contributed by atoms with E-state index in [0.29, 0.717) is 23.9 Å². The largest absolute Gasteiger partial charge is 0.460 e. The maximum atomic E-state index is 12.6. The van der Waals surface area contributed by atoms with Gasteiger partial charge in [-0.1, -0.05) is 29.8 Å². The zero-order chi connectivity index (χ0) is 19.8. The molecule has 0 spiro atoms. The van der Waals surface area contributed by atoms with E-state index in [0.717, 1.165) is 46.2 Å². The maximum absolute atomic E-state index is 12.6. The summed E-state index contributed by atoms with van der Waals surface area (Å²) in [5.74, 6) is 2.26. The second-order valence-electron chi connectivity index (χ2n) is 7.02. The van der Waals surface area contributed by atoms with Gasteiger partial charge in [-0.05, 0) is 35.7 Å². The molecular formula is C22H18ClN3O2S. The summed E-state index contributed by atoms with van der Waals surface area (Å²) in [6.45, 7) is 2.02. The zero-order valence-electron chi connectivity index (χ0n) is 15.5. The van der Waals surface area contributed by atoms with Crippen LogP contribution in [-0.4, -0.2) is 21.4 Å². The van der Waals surface area contributed by atoms with Crippen molar-refractivity contribution in [3.8, 4) is 22.0 Å². The first-order valence-electron chi connectivity index (χ1n) is 9.39. The highest BCUT2D eigenvalue weighted by atomic mass is 35.5. The molecule has 4 aromatic rings. The van der Waals surface area contributed by atoms with Gasteiger partial charge in [0.05, 0.1) is 27.7 Å². The number of aromatic nitrogens is 2. The van der Waals surface area contributed by atoms with Crippen molar-refractivity contribution in [2.24, 2.45) is 0 Å². The van der Waals surface area contributed by atoms with Crippen molar-refractivity contribution >= 4 is 22.9 Å². The monoisotopic (exact) mass is 423 g/mol. The molecule has 0 aliphatic carbocycles. The minimum absolute atomic E-state index is 0.0562. The molecule has 0 saturated heterocycles. The first kappa shape index (κ1) is 18.4. The van der Waals surface area contributed by atoms with E-state index in [9.17, 15) is 4.79 Å². The number of aromatic amines is 1. The van der Waals surface area contributed by atoms with Crippen molar-refractivity contribution in [3.63, 3.8) is 0 Å². The molecule has 0 radical (unpaired) electrons. The molecule has 1 aliphatic heterocycles. The molecule has 1 N–H and O–H groups in total. The maximum Gasteiger partial charge on any atom is 0.255 e. The van der Waals surface area contributed by atoms with Crippen LogP contribution in [-0.2, 0) is 19.5 Å². The van der Waals surface area contributed by atoms with Crippen LogP contribution in [0.4, 0.5) is 0 Å². The molecule has 3 aromatic heterocycles. The topological polar surface area (TPSA) is 62.1 Å². The molecule has 0 unspecified atom stereocenters. The smallest absolute Gasteiger partial charge is 0.255 e. The van der Waals surface area contributed by atoms with Crippen molar-refractivity contribution in [3.05, 3.63) is 86.3 Å². The van der Waals surface area contributed by atoms with Gasteiger partial charge < -0.3 is 9.40 Å². The Balaban J connectivity index is 1.34. The summed E-state index contributed by atoms with van der Waals surface area (Å²) >= 11 is 7.84. The molecule has 5 nitrogen and oxygen atoms in total. The highest BCUT2D eigenvalue weighted by Gasteiger charge is 2.22. The zero-order valence-corrected chi connectivity index (χ0v) is 17.1. The first-order chi connectivity index (χ1) is 14.2. The van der Waals surface area contributed by atoms with Gasteiger partial charge in [-0.15, -0.1) is 11.3 Å². The van der Waals surface area contributed by atoms with E-state index in [-0.39, 0.29) is 5.56 Å². The van der Waals surface area contributed by atoms with E-state index in [1.165, 1.54) is 0 Å². The molecule has 1 aliphatic rings. The molecule has 29 heavy (non-hydrogen) atoms. The van der Waals surface area contributed by atoms with Gasteiger partial charge in [0, 0.05) is 25.1 Å². The lowest BCUT2D eigenvalue weighted by atomic mass is 10.1. The molecule has 0 fully saturated rings. The number of H-pyrrole nitrogens is 1. The highest BCUT2D eigenvalue weighted by Crippen LogP contribution is 2.30. The van der Waals surface area contributed by atoms with Crippen LogP contribution in [0, 0.1) is 0 Å². The summed E-state index contributed by atoms with van der Waals surface area (Å²) in [6.07, 6.45) is 0.746. The summed E-state index contributed by atoms with van der Waals surface area (Å²) in [7, 11) is 0. The second kappa shape index (κ2) is 7.63. The van der Waals surface area contributed by atoms with E-state index < -0.39 is 0 Å². The van der Waals surface area contributed by atoms with E-state index in [1.807, 2.05) is 53.9 Å². The Kier molecular flexibility index (Phi) is 4.83. The summed E-state index contributed by atoms with van der Waals surface area (Å²) in [5.41, 5.74) is 2.46. The van der Waals surface area contributed by atoms with Gasteiger partial charge in [0.15, 0.2) is 5.82 Å². The Morgan fingerprint density at radius 2 is 2.07 bits per heavy atom. The van der Waals surface area contributed by atoms with Crippen molar-refractivity contribution in [1.29, 1.82) is 0 Å². The Labute approximate surface area is 176 Å². The average Bonchev–Trinajstić information content (AvgIpc) is 3.41. The third-order valence-electron chi connectivity index (χ3n) is 5.08. The van der Waals surface area contributed by atoms with Gasteiger partial charge in [-0.3, -0.25) is 9.69 Å². The molecule has 146 valence electrons. The van der Waals surface area contributed by atoms with E-state index in [1.54, 1.807) is 11.3 Å². The first-order valence-corrected chi connectivity index (χ1v) is 10.6. The lowest BCUT2D eigenvalue weighted by molar-refractivity contribution is 0.223. The van der Waals surface area contributed by atoms with Crippen LogP contribution in [0.2, 0.25) is 5.02 Å². The Hall–Kier alpha value is -2.67. The van der Waals surface area contributed by atoms with Gasteiger partial charge in [0.1, 0.15) is 11.5 Å². The fourth-order valence-corrected chi connectivity index (χ4v) is 4.53. The van der Waals surface area contributed by atoms with Gasteiger partial charge in [-0.25, -0.2) is 4.98 Å². The molecule has 0 bridgehead atoms. The molecule has 1 aromatic carbocycles. The molecule has 0 saturated carbocycles. The highest BCUT2D eigenvalue weighted by molar-refractivity contribution is 7.13. The van der Waals surface area contributed by atoms with Crippen LogP contribution in [0.3, 0.4) is 0 Å². The Bertz CT molecular complexity index is 1210. The van der Waals surface area contributed by atoms with Crippen LogP contribution in [0.1, 0.15) is 17.0 Å². The minimum Gasteiger partial charge on any atom is -0.460 e. The fourth-order valence-electron chi connectivity index (χ4n) is 3.63. The lowest BCUT2D eigenvalue weighted by Gasteiger charge is -2.26. The van der Waals surface area contributed by atoms with Gasteiger partial charge in [0.2, 0.25) is 0 Å². The van der Waals surface area contributed by atoms with Crippen LogP contribution in [0.15, 0.2) is 63.1 Å². The molecule has 5 rings (SSSR count). The van der Waals surface area contributed by atoms with Gasteiger partial charge >= 0.3 is 0 Å². The average molecular weight is 424 g/mol. The van der Waals surface area contributed by atoms with Crippen molar-refractivity contribution in [2.45, 2.75) is 19.5 Å². The Morgan fingerprint density at radius 3 is 2.90 bits per heavy atom. The standard InChI is InChI=1S/C22H18ClN3O2S/c23-17-5-2-1-4-15(17)19-8-7-14(28-19)12-26-10-9-18-16(13-26)22(27)25-21(24-18)20-6-3-11-29-20/h1-8,11H,9-10,12-13H2,(H,24,25,27). The van der Waals surface area contributed by atoms with Crippen molar-refractivity contribution in [2.75, 3.05) is 6.54 Å². The van der Waals surface area contributed by atoms with Crippen LogP contribution < -0.4 is 5.56 Å². The van der Waals surface area contributed by atoms with Crippen LogP contribution in [0.5, 0.6) is 0 Å². The quantitative estimate of drug-likeness (QED) is 0.503. The van der Waals surface area contributed by atoms with Gasteiger partial charge in [0.25, 0.3) is 5.56 Å². The SMILES string of the molecule is O=c1[nH]c(-c2cccs2)nc2c1CN(Cc1ccc(-c3ccccc3Cl)o1)CC2. The Morgan fingerprint density at radius 1 is 1.17 bits per heavy atom. The third-order valence-corrected chi connectivity index (χ3v) is 6.29. The van der Waals surface area contributed by atoms with Crippen LogP contribution >= 0.6 is 22.9 Å². The lowest BCUT2D eigenvalue weighted by Crippen LogP contribution is -2.35. The number of benzene rings is 1. The van der Waals surface area contributed by atoms with E-state index in [4.69, 9.17) is 21.0 Å². The fraction of sp³-hybridized carbons (Fsp3) is 0.182. The minimum atomic E-state index is -0.0562. The summed E-state index contributed by atoms with van der Waals surface area (Å²) < 4.78 is 6.01. The summed E-state index contributed by atoms with van der Waals surface area (Å²) in [4.78, 5) is 23.5. The third kappa shape index (κ3) is 3.67. The van der Waals surface area contributed by atoms with Crippen molar-refractivity contribution in [1.82, 2.24) is 14.9 Å². The molecular weight excluding hydrogens is 406 g/mol. The number of hydrogen-bond acceptors (Lipinski definition) is 5. The normalized spacial score (nSPS) is 14.1. The molecule has 0 atom stereocenters. The number of nitrogens with zero attached hydrogens (tertiary/aromatic N) is 2. The number of nitrogens with one attached hydrogen (secondary N) is 1. The second-order valence-corrected chi connectivity index (χ2v) is 8.38. The summed E-state index contributed by atoms with van der Waals surface area (Å²) in [5, 5.41) is 2.65. The molecule has 7 heteroatoms.